The molecule has 0 bridgehead atoms. The van der Waals surface area contributed by atoms with Crippen molar-refractivity contribution in [2.24, 2.45) is 11.7 Å². The first-order chi connectivity index (χ1) is 9.31. The van der Waals surface area contributed by atoms with Gasteiger partial charge < -0.3 is 21.1 Å². The van der Waals surface area contributed by atoms with E-state index in [-0.39, 0.29) is 24.9 Å². The third kappa shape index (κ3) is 5.46. The third-order valence-electron chi connectivity index (χ3n) is 3.09. The van der Waals surface area contributed by atoms with Crippen LogP contribution in [0.5, 0.6) is 0 Å². The van der Waals surface area contributed by atoms with Crippen LogP contribution in [0.4, 0.5) is 4.79 Å². The summed E-state index contributed by atoms with van der Waals surface area (Å²) in [6, 6.07) is -1.25. The van der Waals surface area contributed by atoms with Crippen LogP contribution in [-0.4, -0.2) is 46.5 Å². The quantitative estimate of drug-likeness (QED) is 0.604. The van der Waals surface area contributed by atoms with Gasteiger partial charge in [-0.1, -0.05) is 13.8 Å². The maximum Gasteiger partial charge on any atom is 0.326 e. The summed E-state index contributed by atoms with van der Waals surface area (Å²) in [4.78, 5) is 35.6. The van der Waals surface area contributed by atoms with Crippen LogP contribution in [0.3, 0.4) is 0 Å². The number of primary amides is 1. The first-order valence-corrected chi connectivity index (χ1v) is 6.89. The molecule has 0 unspecified atom stereocenters. The molecule has 0 aliphatic heterocycles. The summed E-state index contributed by atoms with van der Waals surface area (Å²) in [5.41, 5.74) is 5.00. The fraction of sp³-hybridized carbons (Fsp3) is 0.769. The van der Waals surface area contributed by atoms with Crippen LogP contribution in [0, 0.1) is 5.92 Å². The highest BCUT2D eigenvalue weighted by Gasteiger charge is 2.34. The van der Waals surface area contributed by atoms with E-state index in [1.807, 2.05) is 13.8 Å². The van der Waals surface area contributed by atoms with Crippen LogP contribution in [0.2, 0.25) is 0 Å². The van der Waals surface area contributed by atoms with E-state index in [1.165, 1.54) is 0 Å². The highest BCUT2D eigenvalue weighted by molar-refractivity contribution is 5.83. The number of amides is 3. The van der Waals surface area contributed by atoms with Crippen LogP contribution >= 0.6 is 0 Å². The lowest BCUT2D eigenvalue weighted by molar-refractivity contribution is -0.139. The number of nitrogens with zero attached hydrogens (tertiary/aromatic N) is 1. The first-order valence-electron chi connectivity index (χ1n) is 6.89. The molecule has 1 fully saturated rings. The fourth-order valence-corrected chi connectivity index (χ4v) is 1.95. The van der Waals surface area contributed by atoms with Gasteiger partial charge in [0.15, 0.2) is 0 Å². The SMILES string of the molecule is CC(C)CN(C(=O)N[C@H](CCC(N)=O)C(=O)O)C1CC1. The molecule has 0 spiro atoms. The van der Waals surface area contributed by atoms with Gasteiger partial charge in [-0.25, -0.2) is 9.59 Å². The lowest BCUT2D eigenvalue weighted by atomic mass is 10.1. The van der Waals surface area contributed by atoms with Crippen LogP contribution in [0.1, 0.15) is 39.5 Å². The lowest BCUT2D eigenvalue weighted by Gasteiger charge is -2.26. The van der Waals surface area contributed by atoms with Crippen LogP contribution in [-0.2, 0) is 9.59 Å². The van der Waals surface area contributed by atoms with Crippen molar-refractivity contribution in [1.29, 1.82) is 0 Å². The number of urea groups is 1. The second-order valence-corrected chi connectivity index (χ2v) is 5.62. The predicted molar refractivity (Wildman–Crippen MR) is 72.9 cm³/mol. The van der Waals surface area contributed by atoms with Crippen LogP contribution in [0.25, 0.3) is 0 Å². The maximum atomic E-state index is 12.2. The van der Waals surface area contributed by atoms with Gasteiger partial charge in [0.2, 0.25) is 5.91 Å². The van der Waals surface area contributed by atoms with Gasteiger partial charge in [0.1, 0.15) is 6.04 Å². The molecule has 0 aromatic carbocycles. The van der Waals surface area contributed by atoms with E-state index in [0.29, 0.717) is 12.5 Å². The van der Waals surface area contributed by atoms with E-state index in [4.69, 9.17) is 10.8 Å². The molecule has 0 saturated heterocycles. The monoisotopic (exact) mass is 285 g/mol. The zero-order valence-electron chi connectivity index (χ0n) is 12.0. The van der Waals surface area contributed by atoms with E-state index in [1.54, 1.807) is 4.90 Å². The smallest absolute Gasteiger partial charge is 0.326 e. The molecule has 7 nitrogen and oxygen atoms in total. The zero-order chi connectivity index (χ0) is 15.3. The summed E-state index contributed by atoms with van der Waals surface area (Å²) < 4.78 is 0. The number of nitrogens with one attached hydrogen (secondary N) is 1. The molecule has 1 atom stereocenters. The number of hydrogen-bond acceptors (Lipinski definition) is 3. The highest BCUT2D eigenvalue weighted by atomic mass is 16.4. The number of aliphatic carboxylic acids is 1. The van der Waals surface area contributed by atoms with Gasteiger partial charge in [-0.05, 0) is 25.2 Å². The number of hydrogen-bond donors (Lipinski definition) is 3. The topological polar surface area (TPSA) is 113 Å². The van der Waals surface area contributed by atoms with Crippen molar-refractivity contribution in [2.45, 2.75) is 51.6 Å². The van der Waals surface area contributed by atoms with E-state index in [9.17, 15) is 14.4 Å². The predicted octanol–water partition coefficient (Wildman–Crippen LogP) is 0.535. The standard InChI is InChI=1S/C13H23N3O4/c1-8(2)7-16(9-3-4-9)13(20)15-10(12(18)19)5-6-11(14)17/h8-10H,3-7H2,1-2H3,(H2,14,17)(H,15,20)(H,18,19)/t10-/m1/s1. The van der Waals surface area contributed by atoms with E-state index in [0.717, 1.165) is 12.8 Å². The summed E-state index contributed by atoms with van der Waals surface area (Å²) in [7, 11) is 0. The van der Waals surface area contributed by atoms with Crippen molar-refractivity contribution in [3.8, 4) is 0 Å². The van der Waals surface area contributed by atoms with E-state index < -0.39 is 17.9 Å². The lowest BCUT2D eigenvalue weighted by Crippen LogP contribution is -2.49. The molecule has 0 heterocycles. The molecular weight excluding hydrogens is 262 g/mol. The van der Waals surface area contributed by atoms with Gasteiger partial charge in [0, 0.05) is 19.0 Å². The molecule has 4 N–H and O–H groups in total. The molecule has 1 rings (SSSR count). The molecule has 0 aromatic heterocycles. The number of nitrogens with two attached hydrogens (primary N) is 1. The number of carboxylic acids is 1. The van der Waals surface area contributed by atoms with E-state index >= 15 is 0 Å². The Morgan fingerprint density at radius 1 is 1.35 bits per heavy atom. The fourth-order valence-electron chi connectivity index (χ4n) is 1.95. The number of carbonyl (C=O) groups excluding carboxylic acids is 2. The summed E-state index contributed by atoms with van der Waals surface area (Å²) in [6.45, 7) is 4.60. The third-order valence-corrected chi connectivity index (χ3v) is 3.09. The largest absolute Gasteiger partial charge is 0.480 e. The van der Waals surface area contributed by atoms with Crippen molar-refractivity contribution in [1.82, 2.24) is 10.2 Å². The Hall–Kier alpha value is -1.79. The van der Waals surface area contributed by atoms with Crippen molar-refractivity contribution < 1.29 is 19.5 Å². The van der Waals surface area contributed by atoms with Gasteiger partial charge in [0.25, 0.3) is 0 Å². The average Bonchev–Trinajstić information content (AvgIpc) is 3.14. The Labute approximate surface area is 118 Å². The minimum atomic E-state index is -1.15. The van der Waals surface area contributed by atoms with Gasteiger partial charge in [-0.15, -0.1) is 0 Å². The van der Waals surface area contributed by atoms with Crippen molar-refractivity contribution in [2.75, 3.05) is 6.54 Å². The van der Waals surface area contributed by atoms with Gasteiger partial charge in [0.05, 0.1) is 0 Å². The van der Waals surface area contributed by atoms with Gasteiger partial charge in [-0.2, -0.15) is 0 Å². The maximum absolute atomic E-state index is 12.2. The van der Waals surface area contributed by atoms with Crippen molar-refractivity contribution in [3.05, 3.63) is 0 Å². The van der Waals surface area contributed by atoms with Crippen LogP contribution in [0.15, 0.2) is 0 Å². The minimum Gasteiger partial charge on any atom is -0.480 e. The van der Waals surface area contributed by atoms with Gasteiger partial charge >= 0.3 is 12.0 Å². The molecule has 7 heteroatoms. The summed E-state index contributed by atoms with van der Waals surface area (Å²) in [5.74, 6) is -1.41. The summed E-state index contributed by atoms with van der Waals surface area (Å²) in [5, 5.41) is 11.5. The molecule has 1 aliphatic carbocycles. The number of carboxylic acid groups (broad SMARTS) is 1. The Bertz CT molecular complexity index is 380. The molecule has 3 amide bonds. The highest BCUT2D eigenvalue weighted by Crippen LogP contribution is 2.27. The second-order valence-electron chi connectivity index (χ2n) is 5.62. The van der Waals surface area contributed by atoms with E-state index in [2.05, 4.69) is 5.32 Å². The number of rotatable bonds is 8. The molecule has 0 aromatic rings. The molecule has 1 saturated carbocycles. The normalized spacial score (nSPS) is 15.8. The molecule has 114 valence electrons. The Balaban J connectivity index is 2.58. The molecular formula is C13H23N3O4. The number of carbonyl (C=O) groups is 3. The zero-order valence-corrected chi connectivity index (χ0v) is 12.0. The van der Waals surface area contributed by atoms with Gasteiger partial charge in [-0.3, -0.25) is 4.79 Å². The van der Waals surface area contributed by atoms with Crippen LogP contribution < -0.4 is 11.1 Å². The molecule has 1 aliphatic rings. The Morgan fingerprint density at radius 3 is 2.35 bits per heavy atom. The van der Waals surface area contributed by atoms with Crippen molar-refractivity contribution >= 4 is 17.9 Å². The Morgan fingerprint density at radius 2 is 1.95 bits per heavy atom. The van der Waals surface area contributed by atoms with Crippen molar-refractivity contribution in [3.63, 3.8) is 0 Å². The molecule has 0 radical (unpaired) electrons. The Kier molecular flexibility index (Phi) is 5.79. The summed E-state index contributed by atoms with van der Waals surface area (Å²) >= 11 is 0. The summed E-state index contributed by atoms with van der Waals surface area (Å²) in [6.07, 6.45) is 1.86. The molecule has 20 heavy (non-hydrogen) atoms. The minimum absolute atomic E-state index is 0.0105. The first kappa shape index (κ1) is 16.3. The second kappa shape index (κ2) is 7.12. The average molecular weight is 285 g/mol.